The number of fused-ring (bicyclic) bond motifs is 3. The van der Waals surface area contributed by atoms with E-state index < -0.39 is 83.4 Å². The highest BCUT2D eigenvalue weighted by Crippen LogP contribution is 2.57. The molecule has 0 bridgehead atoms. The van der Waals surface area contributed by atoms with Gasteiger partial charge in [-0.05, 0) is 58.6 Å². The molecule has 46 heavy (non-hydrogen) atoms. The highest BCUT2D eigenvalue weighted by atomic mass is 16.6. The summed E-state index contributed by atoms with van der Waals surface area (Å²) >= 11 is 0. The van der Waals surface area contributed by atoms with Crippen LogP contribution in [0, 0.1) is 5.92 Å². The molecule has 12 nitrogen and oxygen atoms in total. The second-order valence-electron chi connectivity index (χ2n) is 13.1. The van der Waals surface area contributed by atoms with E-state index in [0.29, 0.717) is 12.8 Å². The number of carbonyl (C=O) groups is 5. The van der Waals surface area contributed by atoms with Crippen LogP contribution in [0.1, 0.15) is 113 Å². The minimum atomic E-state index is -2.57. The Kier molecular flexibility index (Phi) is 11.9. The molecule has 1 aliphatic heterocycles. The first-order valence-corrected chi connectivity index (χ1v) is 16.3. The molecule has 0 aromatic rings. The predicted octanol–water partition coefficient (Wildman–Crippen LogP) is 3.93. The molecule has 0 radical (unpaired) electrons. The molecule has 0 aromatic carbocycles. The number of rotatable bonds is 13. The second kappa shape index (κ2) is 14.7. The molecule has 0 unspecified atom stereocenters. The fourth-order valence-corrected chi connectivity index (χ4v) is 6.90. The Morgan fingerprint density at radius 2 is 1.57 bits per heavy atom. The summed E-state index contributed by atoms with van der Waals surface area (Å²) in [6, 6.07) is 0. The molecule has 2 fully saturated rings. The van der Waals surface area contributed by atoms with Crippen LogP contribution in [-0.2, 0) is 47.7 Å². The van der Waals surface area contributed by atoms with Gasteiger partial charge in [0.05, 0.1) is 5.92 Å². The maximum Gasteiger partial charge on any atom is 0.341 e. The van der Waals surface area contributed by atoms with E-state index in [1.165, 1.54) is 13.8 Å². The third kappa shape index (κ3) is 7.02. The zero-order chi connectivity index (χ0) is 34.6. The molecule has 12 heteroatoms. The van der Waals surface area contributed by atoms with Gasteiger partial charge in [0, 0.05) is 31.8 Å². The zero-order valence-corrected chi connectivity index (χ0v) is 28.3. The lowest BCUT2D eigenvalue weighted by atomic mass is 9.75. The van der Waals surface area contributed by atoms with Crippen LogP contribution in [0.15, 0.2) is 22.8 Å². The van der Waals surface area contributed by atoms with Crippen molar-refractivity contribution in [2.24, 2.45) is 5.92 Å². The van der Waals surface area contributed by atoms with Gasteiger partial charge < -0.3 is 33.9 Å². The summed E-state index contributed by atoms with van der Waals surface area (Å²) in [6.07, 6.45) is 0.272. The van der Waals surface area contributed by atoms with E-state index in [9.17, 15) is 34.2 Å². The molecule has 0 aromatic heterocycles. The molecule has 2 N–H and O–H groups in total. The normalized spacial score (nSPS) is 33.8. The number of esters is 5. The minimum absolute atomic E-state index is 0.0234. The van der Waals surface area contributed by atoms with Gasteiger partial charge in [-0.15, -0.1) is 0 Å². The maximum atomic E-state index is 13.3. The number of aliphatic hydroxyl groups is 2. The minimum Gasteiger partial charge on any atom is -0.459 e. The lowest BCUT2D eigenvalue weighted by Gasteiger charge is -2.41. The Balaban J connectivity index is 2.23. The number of hydrogen-bond acceptors (Lipinski definition) is 12. The first kappa shape index (κ1) is 37.2. The van der Waals surface area contributed by atoms with E-state index in [4.69, 9.17) is 23.7 Å². The Bertz CT molecular complexity index is 1260. The van der Waals surface area contributed by atoms with E-state index in [1.807, 2.05) is 0 Å². The van der Waals surface area contributed by atoms with Gasteiger partial charge in [0.25, 0.3) is 0 Å². The number of carbonyl (C=O) groups excluding carboxylic acids is 5. The molecule has 3 aliphatic rings. The van der Waals surface area contributed by atoms with Gasteiger partial charge in [-0.2, -0.15) is 0 Å². The van der Waals surface area contributed by atoms with Crippen molar-refractivity contribution in [3.63, 3.8) is 0 Å². The Hall–Kier alpha value is -3.25. The largest absolute Gasteiger partial charge is 0.459 e. The Morgan fingerprint density at radius 1 is 0.935 bits per heavy atom. The standard InChI is InChI=1S/C34H50O12/c1-9-12-13-14-15-17-24(37)43-28-26-25(20(5)27(28)44-30(38)19(4)11-3)29-34(41,33(8,40)31(39)45-29)22(42-23(36)16-10-2)18-32(26,7)46-21(6)35/h11,22,26-29,40-41H,9-10,12-18H2,1-8H3/b19-11+/t22-,26-,27+,28+,29-,32-,33-,34+/m0/s1. The van der Waals surface area contributed by atoms with Crippen LogP contribution in [0.5, 0.6) is 0 Å². The Labute approximate surface area is 270 Å². The van der Waals surface area contributed by atoms with Gasteiger partial charge in [-0.3, -0.25) is 14.4 Å². The predicted molar refractivity (Wildman–Crippen MR) is 164 cm³/mol. The summed E-state index contributed by atoms with van der Waals surface area (Å²) in [6.45, 7) is 12.4. The lowest BCUT2D eigenvalue weighted by molar-refractivity contribution is -0.212. The first-order valence-electron chi connectivity index (χ1n) is 16.3. The van der Waals surface area contributed by atoms with Crippen LogP contribution < -0.4 is 0 Å². The highest BCUT2D eigenvalue weighted by molar-refractivity contribution is 5.88. The Morgan fingerprint density at radius 3 is 2.15 bits per heavy atom. The highest BCUT2D eigenvalue weighted by Gasteiger charge is 2.76. The van der Waals surface area contributed by atoms with Crippen molar-refractivity contribution in [3.8, 4) is 0 Å². The average molecular weight is 651 g/mol. The van der Waals surface area contributed by atoms with Crippen LogP contribution in [-0.4, -0.2) is 81.3 Å². The van der Waals surface area contributed by atoms with Gasteiger partial charge in [-0.1, -0.05) is 45.6 Å². The molecular formula is C34H50O12. The molecule has 1 saturated heterocycles. The molecule has 0 amide bonds. The van der Waals surface area contributed by atoms with Crippen molar-refractivity contribution in [1.82, 2.24) is 0 Å². The van der Waals surface area contributed by atoms with E-state index >= 15 is 0 Å². The van der Waals surface area contributed by atoms with Gasteiger partial charge in [0.1, 0.15) is 11.7 Å². The van der Waals surface area contributed by atoms with Crippen LogP contribution in [0.25, 0.3) is 0 Å². The SMILES string of the molecule is C/C=C(\C)C(=O)O[C@@H]1C(C)=C2[C@@H]3OC(=O)[C@](C)(O)[C@@]3(O)[C@@H](OC(=O)CCC)C[C@](C)(OC(C)=O)[C@@H]2[C@H]1OC(=O)CCCCCCC. The molecule has 258 valence electrons. The molecule has 3 rings (SSSR count). The van der Waals surface area contributed by atoms with Crippen molar-refractivity contribution < 1.29 is 57.9 Å². The third-order valence-electron chi connectivity index (χ3n) is 9.51. The number of ether oxygens (including phenoxy) is 5. The van der Waals surface area contributed by atoms with Gasteiger partial charge in [-0.25, -0.2) is 9.59 Å². The molecule has 2 aliphatic carbocycles. The smallest absolute Gasteiger partial charge is 0.341 e. The fraction of sp³-hybridized carbons (Fsp3) is 0.735. The zero-order valence-electron chi connectivity index (χ0n) is 28.3. The summed E-state index contributed by atoms with van der Waals surface area (Å²) in [5, 5.41) is 23.9. The van der Waals surface area contributed by atoms with Crippen molar-refractivity contribution >= 4 is 29.8 Å². The van der Waals surface area contributed by atoms with Crippen molar-refractivity contribution in [1.29, 1.82) is 0 Å². The quantitative estimate of drug-likeness (QED) is 0.0969. The van der Waals surface area contributed by atoms with E-state index in [1.54, 1.807) is 33.8 Å². The second-order valence-corrected chi connectivity index (χ2v) is 13.1. The number of unbranched alkanes of at least 4 members (excludes halogenated alkanes) is 4. The van der Waals surface area contributed by atoms with Crippen molar-refractivity contribution in [2.45, 2.75) is 154 Å². The first-order chi connectivity index (χ1) is 21.5. The van der Waals surface area contributed by atoms with E-state index in [2.05, 4.69) is 6.92 Å². The molecule has 1 heterocycles. The maximum absolute atomic E-state index is 13.3. The molecule has 8 atom stereocenters. The van der Waals surface area contributed by atoms with E-state index in [0.717, 1.165) is 32.6 Å². The number of allylic oxidation sites excluding steroid dienone is 1. The van der Waals surface area contributed by atoms with Crippen molar-refractivity contribution in [3.05, 3.63) is 22.8 Å². The van der Waals surface area contributed by atoms with Crippen LogP contribution in [0.3, 0.4) is 0 Å². The monoisotopic (exact) mass is 650 g/mol. The lowest BCUT2D eigenvalue weighted by Crippen LogP contribution is -2.64. The van der Waals surface area contributed by atoms with Crippen molar-refractivity contribution in [2.75, 3.05) is 0 Å². The van der Waals surface area contributed by atoms with Gasteiger partial charge >= 0.3 is 29.8 Å². The molecule has 1 saturated carbocycles. The van der Waals surface area contributed by atoms with E-state index in [-0.39, 0.29) is 29.6 Å². The third-order valence-corrected chi connectivity index (χ3v) is 9.51. The summed E-state index contributed by atoms with van der Waals surface area (Å²) in [4.78, 5) is 65.1. The van der Waals surface area contributed by atoms with Gasteiger partial charge in [0.15, 0.2) is 29.5 Å². The van der Waals surface area contributed by atoms with Crippen LogP contribution in [0.2, 0.25) is 0 Å². The van der Waals surface area contributed by atoms with Crippen LogP contribution >= 0.6 is 0 Å². The average Bonchev–Trinajstić information content (AvgIpc) is 3.30. The molecular weight excluding hydrogens is 600 g/mol. The number of hydrogen-bond donors (Lipinski definition) is 2. The summed E-state index contributed by atoms with van der Waals surface area (Å²) in [5.41, 5.74) is -6.12. The van der Waals surface area contributed by atoms with Gasteiger partial charge in [0.2, 0.25) is 0 Å². The molecule has 0 spiro atoms. The summed E-state index contributed by atoms with van der Waals surface area (Å²) in [5.74, 6) is -5.03. The topological polar surface area (TPSA) is 172 Å². The van der Waals surface area contributed by atoms with Crippen LogP contribution in [0.4, 0.5) is 0 Å². The summed E-state index contributed by atoms with van der Waals surface area (Å²) in [7, 11) is 0. The fourth-order valence-electron chi connectivity index (χ4n) is 6.90. The summed E-state index contributed by atoms with van der Waals surface area (Å²) < 4.78 is 29.3.